The monoisotopic (exact) mass is 347 g/mol. The molecule has 1 saturated heterocycles. The molecule has 2 aromatic heterocycles. The van der Waals surface area contributed by atoms with E-state index in [-0.39, 0.29) is 5.91 Å². The number of carbonyl (C=O) groups excluding carboxylic acids is 1. The highest BCUT2D eigenvalue weighted by molar-refractivity contribution is 9.10. The second-order valence-corrected chi connectivity index (χ2v) is 5.64. The molecule has 2 aromatic rings. The van der Waals surface area contributed by atoms with Gasteiger partial charge in [-0.3, -0.25) is 9.78 Å². The molecule has 3 heterocycles. The van der Waals surface area contributed by atoms with E-state index in [1.165, 1.54) is 0 Å². The Bertz CT molecular complexity index is 611. The van der Waals surface area contributed by atoms with E-state index in [4.69, 9.17) is 0 Å². The summed E-state index contributed by atoms with van der Waals surface area (Å²) in [6, 6.07) is 3.57. The second kappa shape index (κ2) is 6.17. The van der Waals surface area contributed by atoms with Crippen molar-refractivity contribution in [2.75, 3.05) is 31.1 Å². The molecule has 0 N–H and O–H groups in total. The van der Waals surface area contributed by atoms with E-state index in [2.05, 4.69) is 35.8 Å². The highest BCUT2D eigenvalue weighted by Gasteiger charge is 2.23. The lowest BCUT2D eigenvalue weighted by Crippen LogP contribution is -2.49. The van der Waals surface area contributed by atoms with Gasteiger partial charge < -0.3 is 9.80 Å². The summed E-state index contributed by atoms with van der Waals surface area (Å²) in [5, 5.41) is 0. The maximum atomic E-state index is 12.3. The van der Waals surface area contributed by atoms with Crippen LogP contribution in [0.2, 0.25) is 0 Å². The van der Waals surface area contributed by atoms with Crippen molar-refractivity contribution in [3.8, 4) is 0 Å². The van der Waals surface area contributed by atoms with Crippen molar-refractivity contribution in [2.45, 2.75) is 0 Å². The van der Waals surface area contributed by atoms with E-state index in [0.29, 0.717) is 24.6 Å². The van der Waals surface area contributed by atoms with Crippen LogP contribution in [0.4, 0.5) is 5.95 Å². The Hall–Kier alpha value is -2.02. The summed E-state index contributed by atoms with van der Waals surface area (Å²) in [4.78, 5) is 28.8. The number of aromatic nitrogens is 3. The smallest absolute Gasteiger partial charge is 0.255 e. The topological polar surface area (TPSA) is 62.2 Å². The van der Waals surface area contributed by atoms with Crippen molar-refractivity contribution in [3.63, 3.8) is 0 Å². The molecular weight excluding hydrogens is 334 g/mol. The minimum Gasteiger partial charge on any atom is -0.337 e. The predicted octanol–water partition coefficient (Wildman–Crippen LogP) is 1.60. The minimum absolute atomic E-state index is 0.0273. The third-order valence-electron chi connectivity index (χ3n) is 3.36. The molecule has 0 bridgehead atoms. The van der Waals surface area contributed by atoms with Gasteiger partial charge in [-0.2, -0.15) is 0 Å². The summed E-state index contributed by atoms with van der Waals surface area (Å²) < 4.78 is 0.858. The summed E-state index contributed by atoms with van der Waals surface area (Å²) in [6.07, 6.45) is 6.73. The maximum absolute atomic E-state index is 12.3. The van der Waals surface area contributed by atoms with Crippen LogP contribution in [-0.2, 0) is 0 Å². The molecule has 1 aliphatic heterocycles. The van der Waals surface area contributed by atoms with Gasteiger partial charge in [0.05, 0.1) is 10.0 Å². The zero-order chi connectivity index (χ0) is 14.7. The van der Waals surface area contributed by atoms with Gasteiger partial charge in [0, 0.05) is 51.0 Å². The first-order chi connectivity index (χ1) is 10.2. The Morgan fingerprint density at radius 2 is 1.81 bits per heavy atom. The van der Waals surface area contributed by atoms with Crippen LogP contribution in [0.3, 0.4) is 0 Å². The molecule has 3 rings (SSSR count). The largest absolute Gasteiger partial charge is 0.337 e. The summed E-state index contributed by atoms with van der Waals surface area (Å²) >= 11 is 3.32. The number of carbonyl (C=O) groups is 1. The van der Waals surface area contributed by atoms with Crippen molar-refractivity contribution < 1.29 is 4.79 Å². The van der Waals surface area contributed by atoms with E-state index in [0.717, 1.165) is 17.6 Å². The molecule has 0 saturated carbocycles. The molecule has 0 aromatic carbocycles. The third-order valence-corrected chi connectivity index (χ3v) is 3.77. The average Bonchev–Trinajstić information content (AvgIpc) is 2.56. The van der Waals surface area contributed by atoms with Gasteiger partial charge in [-0.25, -0.2) is 9.97 Å². The molecule has 6 nitrogen and oxygen atoms in total. The lowest BCUT2D eigenvalue weighted by atomic mass is 10.2. The molecule has 1 amide bonds. The van der Waals surface area contributed by atoms with Crippen molar-refractivity contribution in [3.05, 3.63) is 47.0 Å². The minimum atomic E-state index is 0.0273. The van der Waals surface area contributed by atoms with Crippen LogP contribution in [-0.4, -0.2) is 51.9 Å². The maximum Gasteiger partial charge on any atom is 0.255 e. The van der Waals surface area contributed by atoms with Crippen LogP contribution in [0.1, 0.15) is 10.4 Å². The quantitative estimate of drug-likeness (QED) is 0.825. The van der Waals surface area contributed by atoms with Crippen LogP contribution in [0.25, 0.3) is 0 Å². The first-order valence-electron chi connectivity index (χ1n) is 6.66. The summed E-state index contributed by atoms with van der Waals surface area (Å²) in [7, 11) is 0. The van der Waals surface area contributed by atoms with Crippen molar-refractivity contribution in [2.24, 2.45) is 0 Å². The Morgan fingerprint density at radius 1 is 1.10 bits per heavy atom. The number of halogens is 1. The van der Waals surface area contributed by atoms with E-state index >= 15 is 0 Å². The van der Waals surface area contributed by atoms with Gasteiger partial charge in [-0.05, 0) is 28.1 Å². The third kappa shape index (κ3) is 3.18. The van der Waals surface area contributed by atoms with Gasteiger partial charge in [0.1, 0.15) is 0 Å². The van der Waals surface area contributed by atoms with E-state index in [9.17, 15) is 4.79 Å². The number of amides is 1. The van der Waals surface area contributed by atoms with E-state index in [1.807, 2.05) is 4.90 Å². The number of anilines is 1. The zero-order valence-corrected chi connectivity index (χ0v) is 12.9. The Kier molecular flexibility index (Phi) is 4.10. The number of rotatable bonds is 2. The van der Waals surface area contributed by atoms with Crippen LogP contribution in [0, 0.1) is 0 Å². The molecule has 21 heavy (non-hydrogen) atoms. The van der Waals surface area contributed by atoms with Crippen LogP contribution in [0.15, 0.2) is 41.4 Å². The van der Waals surface area contributed by atoms with Gasteiger partial charge in [0.15, 0.2) is 0 Å². The van der Waals surface area contributed by atoms with Gasteiger partial charge >= 0.3 is 0 Å². The van der Waals surface area contributed by atoms with E-state index in [1.54, 1.807) is 36.9 Å². The highest BCUT2D eigenvalue weighted by atomic mass is 79.9. The number of nitrogens with zero attached hydrogens (tertiary/aromatic N) is 5. The Labute approximate surface area is 131 Å². The molecule has 1 aliphatic rings. The second-order valence-electron chi connectivity index (χ2n) is 4.72. The van der Waals surface area contributed by atoms with Gasteiger partial charge in [-0.15, -0.1) is 0 Å². The summed E-state index contributed by atoms with van der Waals surface area (Å²) in [5.74, 6) is 0.728. The molecule has 0 atom stereocenters. The van der Waals surface area contributed by atoms with Crippen LogP contribution >= 0.6 is 15.9 Å². The van der Waals surface area contributed by atoms with Crippen molar-refractivity contribution >= 4 is 27.8 Å². The fourth-order valence-corrected chi connectivity index (χ4v) is 2.45. The lowest BCUT2D eigenvalue weighted by molar-refractivity contribution is 0.0746. The average molecular weight is 348 g/mol. The molecule has 0 spiro atoms. The molecule has 0 radical (unpaired) electrons. The zero-order valence-electron chi connectivity index (χ0n) is 11.3. The van der Waals surface area contributed by atoms with Crippen LogP contribution < -0.4 is 4.90 Å². The fourth-order valence-electron chi connectivity index (χ4n) is 2.25. The molecule has 1 fully saturated rings. The van der Waals surface area contributed by atoms with E-state index < -0.39 is 0 Å². The normalized spacial score (nSPS) is 15.1. The highest BCUT2D eigenvalue weighted by Crippen LogP contribution is 2.14. The number of pyridine rings is 1. The summed E-state index contributed by atoms with van der Waals surface area (Å²) in [5.41, 5.74) is 0.630. The Balaban J connectivity index is 1.63. The predicted molar refractivity (Wildman–Crippen MR) is 82.1 cm³/mol. The van der Waals surface area contributed by atoms with Crippen molar-refractivity contribution in [1.29, 1.82) is 0 Å². The molecule has 0 aliphatic carbocycles. The van der Waals surface area contributed by atoms with Crippen molar-refractivity contribution in [1.82, 2.24) is 19.9 Å². The first-order valence-corrected chi connectivity index (χ1v) is 7.45. The standard InChI is InChI=1S/C14H14BrN5O/c15-12-9-17-14(18-10-12)20-6-4-19(5-7-20)13(21)11-2-1-3-16-8-11/h1-3,8-10H,4-7H2. The van der Waals surface area contributed by atoms with Gasteiger partial charge in [0.25, 0.3) is 5.91 Å². The Morgan fingerprint density at radius 3 is 2.43 bits per heavy atom. The summed E-state index contributed by atoms with van der Waals surface area (Å²) in [6.45, 7) is 2.78. The first kappa shape index (κ1) is 13.9. The number of piperazine rings is 1. The molecule has 0 unspecified atom stereocenters. The number of hydrogen-bond donors (Lipinski definition) is 0. The van der Waals surface area contributed by atoms with Gasteiger partial charge in [0.2, 0.25) is 5.95 Å². The van der Waals surface area contributed by atoms with Crippen LogP contribution in [0.5, 0.6) is 0 Å². The molecule has 7 heteroatoms. The lowest BCUT2D eigenvalue weighted by Gasteiger charge is -2.34. The molecular formula is C14H14BrN5O. The SMILES string of the molecule is O=C(c1cccnc1)N1CCN(c2ncc(Br)cn2)CC1. The molecule has 108 valence electrons. The fraction of sp³-hybridized carbons (Fsp3) is 0.286. The van der Waals surface area contributed by atoms with Gasteiger partial charge in [-0.1, -0.05) is 0 Å². The number of hydrogen-bond acceptors (Lipinski definition) is 5.